The Hall–Kier alpha value is -3.77. The van der Waals surface area contributed by atoms with Gasteiger partial charge in [0.05, 0.1) is 10.8 Å². The number of hydrogen-bond donors (Lipinski definition) is 1. The van der Waals surface area contributed by atoms with Crippen molar-refractivity contribution in [2.24, 2.45) is 15.0 Å². The van der Waals surface area contributed by atoms with Gasteiger partial charge in [0.15, 0.2) is 0 Å². The number of carbonyl (C=O) groups excluding carboxylic acids is 2. The van der Waals surface area contributed by atoms with E-state index in [1.165, 1.54) is 46.2 Å². The summed E-state index contributed by atoms with van der Waals surface area (Å²) >= 11 is 1.31. The number of nitrogens with one attached hydrogen (secondary N) is 1. The fourth-order valence-electron chi connectivity index (χ4n) is 4.72. The van der Waals surface area contributed by atoms with E-state index in [0.717, 1.165) is 50.3 Å². The minimum Gasteiger partial charge on any atom is -0.406 e. The molecule has 2 amide bonds. The van der Waals surface area contributed by atoms with E-state index in [9.17, 15) is 22.8 Å². The van der Waals surface area contributed by atoms with Crippen molar-refractivity contribution in [1.82, 2.24) is 10.2 Å². The molecule has 0 spiro atoms. The second kappa shape index (κ2) is 24.4. The molecule has 2 aromatic rings. The summed E-state index contributed by atoms with van der Waals surface area (Å²) in [5, 5.41) is 3.42. The summed E-state index contributed by atoms with van der Waals surface area (Å²) in [5.74, 6) is 1.81. The number of benzene rings is 2. The van der Waals surface area contributed by atoms with Crippen LogP contribution in [0.1, 0.15) is 88.5 Å². The van der Waals surface area contributed by atoms with Gasteiger partial charge in [-0.25, -0.2) is 9.79 Å². The maximum atomic E-state index is 11.9. The molecule has 3 rings (SSSR count). The lowest BCUT2D eigenvalue weighted by molar-refractivity contribution is -0.274. The largest absolute Gasteiger partial charge is 0.573 e. The van der Waals surface area contributed by atoms with Crippen LogP contribution in [0.4, 0.5) is 18.0 Å². The summed E-state index contributed by atoms with van der Waals surface area (Å²) in [7, 11) is 1.78. The van der Waals surface area contributed by atoms with Gasteiger partial charge >= 0.3 is 12.4 Å². The van der Waals surface area contributed by atoms with Crippen LogP contribution in [0.2, 0.25) is 0 Å². The van der Waals surface area contributed by atoms with Crippen LogP contribution in [0.15, 0.2) is 69.1 Å². The number of carbonyl (C=O) groups is 2. The SMILES string of the molecule is CCCC=NC(=NC)C1=CCN(CCNC(=O)/N=C(/C)SCC(=O)CC)CC1.Cc1ccc(C(C)C)c(C)c1.Cc1ccc(OC(F)(F)F)cc1. The van der Waals surface area contributed by atoms with Crippen molar-refractivity contribution in [3.8, 4) is 5.75 Å². The summed E-state index contributed by atoms with van der Waals surface area (Å²) in [6.07, 6.45) is 2.96. The number of Topliss-reactive ketones (excluding diaryl/α,β-unsaturated/α-hetero) is 1. The summed E-state index contributed by atoms with van der Waals surface area (Å²) in [6.45, 7) is 19.3. The lowest BCUT2D eigenvalue weighted by Crippen LogP contribution is -2.37. The van der Waals surface area contributed by atoms with E-state index in [-0.39, 0.29) is 17.6 Å². The number of aliphatic imine (C=N–C) groups is 3. The molecule has 0 saturated heterocycles. The van der Waals surface area contributed by atoms with Crippen LogP contribution in [0.5, 0.6) is 5.75 Å². The second-order valence-electron chi connectivity index (χ2n) is 12.3. The lowest BCUT2D eigenvalue weighted by Gasteiger charge is -2.25. The van der Waals surface area contributed by atoms with Crippen molar-refractivity contribution >= 4 is 40.7 Å². The number of amidine groups is 1. The zero-order valence-corrected chi connectivity index (χ0v) is 32.5. The van der Waals surface area contributed by atoms with Crippen molar-refractivity contribution in [1.29, 1.82) is 0 Å². The molecule has 8 nitrogen and oxygen atoms in total. The van der Waals surface area contributed by atoms with E-state index in [4.69, 9.17) is 0 Å². The van der Waals surface area contributed by atoms with Crippen molar-refractivity contribution in [2.75, 3.05) is 39.0 Å². The predicted octanol–water partition coefficient (Wildman–Crippen LogP) is 9.68. The average Bonchev–Trinajstić information content (AvgIpc) is 3.07. The molecule has 0 fully saturated rings. The molecule has 1 heterocycles. The summed E-state index contributed by atoms with van der Waals surface area (Å²) < 4.78 is 38.5. The lowest BCUT2D eigenvalue weighted by atomic mass is 9.97. The molecule has 0 atom stereocenters. The molecule has 282 valence electrons. The Morgan fingerprint density at radius 1 is 1.06 bits per heavy atom. The van der Waals surface area contributed by atoms with Crippen LogP contribution >= 0.6 is 11.8 Å². The fraction of sp³-hybridized carbons (Fsp3) is 0.513. The van der Waals surface area contributed by atoms with Crippen molar-refractivity contribution in [2.45, 2.75) is 93.4 Å². The highest BCUT2D eigenvalue weighted by Gasteiger charge is 2.30. The monoisotopic (exact) mass is 731 g/mol. The van der Waals surface area contributed by atoms with E-state index in [2.05, 4.69) is 88.8 Å². The third kappa shape index (κ3) is 20.6. The fourth-order valence-corrected chi connectivity index (χ4v) is 5.44. The van der Waals surface area contributed by atoms with Crippen molar-refractivity contribution < 1.29 is 27.5 Å². The first kappa shape index (κ1) is 45.3. The number of aryl methyl sites for hydroxylation is 3. The van der Waals surface area contributed by atoms with E-state index >= 15 is 0 Å². The van der Waals surface area contributed by atoms with E-state index in [1.54, 1.807) is 33.0 Å². The Kier molecular flexibility index (Phi) is 21.7. The highest BCUT2D eigenvalue weighted by molar-refractivity contribution is 8.14. The van der Waals surface area contributed by atoms with Gasteiger partial charge in [-0.05, 0) is 75.3 Å². The van der Waals surface area contributed by atoms with E-state index in [0.29, 0.717) is 29.7 Å². The highest BCUT2D eigenvalue weighted by Crippen LogP contribution is 2.22. The van der Waals surface area contributed by atoms with E-state index in [1.807, 2.05) is 13.1 Å². The van der Waals surface area contributed by atoms with Crippen LogP contribution < -0.4 is 10.1 Å². The molecule has 0 saturated carbocycles. The Morgan fingerprint density at radius 3 is 2.25 bits per heavy atom. The smallest absolute Gasteiger partial charge is 0.406 e. The van der Waals surface area contributed by atoms with Crippen LogP contribution in [-0.2, 0) is 4.79 Å². The molecule has 2 aromatic carbocycles. The maximum absolute atomic E-state index is 11.9. The maximum Gasteiger partial charge on any atom is 0.573 e. The first-order chi connectivity index (χ1) is 24.1. The van der Waals surface area contributed by atoms with Crippen LogP contribution in [0.3, 0.4) is 0 Å². The number of rotatable bonds is 11. The summed E-state index contributed by atoms with van der Waals surface area (Å²) in [5.41, 5.74) is 6.32. The number of urea groups is 1. The Morgan fingerprint density at radius 2 is 1.73 bits per heavy atom. The molecule has 1 aliphatic heterocycles. The summed E-state index contributed by atoms with van der Waals surface area (Å²) in [4.78, 5) is 38.2. The molecule has 51 heavy (non-hydrogen) atoms. The van der Waals surface area contributed by atoms with Gasteiger partial charge < -0.3 is 10.1 Å². The molecule has 12 heteroatoms. The molecule has 0 unspecified atom stereocenters. The second-order valence-corrected chi connectivity index (χ2v) is 13.5. The van der Waals surface area contributed by atoms with Gasteiger partial charge in [0.1, 0.15) is 17.4 Å². The number of amides is 2. The van der Waals surface area contributed by atoms with Gasteiger partial charge in [-0.15, -0.1) is 24.9 Å². The third-order valence-corrected chi connectivity index (χ3v) is 8.50. The number of hydrogen-bond acceptors (Lipinski definition) is 6. The van der Waals surface area contributed by atoms with Crippen molar-refractivity contribution in [3.05, 3.63) is 76.4 Å². The van der Waals surface area contributed by atoms with Gasteiger partial charge in [-0.3, -0.25) is 14.7 Å². The van der Waals surface area contributed by atoms with Crippen LogP contribution in [0.25, 0.3) is 0 Å². The Balaban J connectivity index is 0.000000459. The number of alkyl halides is 3. The molecule has 0 bridgehead atoms. The van der Waals surface area contributed by atoms with Gasteiger partial charge in [0, 0.05) is 45.9 Å². The Bertz CT molecular complexity index is 1490. The molecule has 1 aliphatic rings. The number of ether oxygens (including phenoxy) is 1. The van der Waals surface area contributed by atoms with Gasteiger partial charge in [0.2, 0.25) is 0 Å². The molecule has 0 radical (unpaired) electrons. The van der Waals surface area contributed by atoms with E-state index < -0.39 is 6.36 Å². The topological polar surface area (TPSA) is 95.7 Å². The number of unbranched alkanes of at least 4 members (excludes halogenated alkanes) is 1. The number of ketones is 1. The zero-order valence-electron chi connectivity index (χ0n) is 31.7. The molecule has 1 N–H and O–H groups in total. The normalized spacial score (nSPS) is 13.9. The molecular weight excluding hydrogens is 676 g/mol. The quantitative estimate of drug-likeness (QED) is 0.184. The number of nitrogens with zero attached hydrogens (tertiary/aromatic N) is 4. The van der Waals surface area contributed by atoms with Crippen LogP contribution in [0, 0.1) is 20.8 Å². The zero-order chi connectivity index (χ0) is 38.4. The predicted molar refractivity (Wildman–Crippen MR) is 208 cm³/mol. The third-order valence-electron chi connectivity index (χ3n) is 7.53. The van der Waals surface area contributed by atoms with Crippen LogP contribution in [-0.4, -0.2) is 79.2 Å². The number of thioether (sulfide) groups is 1. The first-order valence-corrected chi connectivity index (χ1v) is 18.3. The summed E-state index contributed by atoms with van der Waals surface area (Å²) in [6, 6.07) is 12.0. The molecule has 0 aromatic heterocycles. The Labute approximate surface area is 307 Å². The molecule has 0 aliphatic carbocycles. The van der Waals surface area contributed by atoms with Gasteiger partial charge in [-0.2, -0.15) is 4.99 Å². The van der Waals surface area contributed by atoms with Gasteiger partial charge in [0.25, 0.3) is 0 Å². The first-order valence-electron chi connectivity index (χ1n) is 17.4. The highest BCUT2D eigenvalue weighted by atomic mass is 32.2. The average molecular weight is 732 g/mol. The standard InChI is InChI=1S/C20H33N5O2S.C11H16.C8H7F3O/c1-5-7-10-22-19(21-4)17-8-12-25(13-9-17)14-11-23-20(27)24-16(3)28-15-18(26)6-2;1-8(2)11-6-5-9(3)7-10(11)4;1-6-2-4-7(5-3-6)12-8(9,10)11/h8,10H,5-7,9,11-15H2,1-4H3,(H,23,27);5-8H,1-4H3;2-5H,1H3/b21-19?,22-10?,24-16-;;. The minimum atomic E-state index is -4.60. The minimum absolute atomic E-state index is 0.157. The molecular formula is C39H56F3N5O3S. The number of halogens is 3. The van der Waals surface area contributed by atoms with Gasteiger partial charge in [-0.1, -0.05) is 81.7 Å². The van der Waals surface area contributed by atoms with Crippen molar-refractivity contribution in [3.63, 3.8) is 0 Å².